The topological polar surface area (TPSA) is 0 Å². The second kappa shape index (κ2) is 2.80. The normalized spacial score (nSPS) is 9.80. The van der Waals surface area contributed by atoms with Crippen LogP contribution in [0.15, 0.2) is 12.1 Å². The molecule has 0 atom stereocenters. The zero-order valence-electron chi connectivity index (χ0n) is 4.97. The summed E-state index contributed by atoms with van der Waals surface area (Å²) in [6.45, 7) is 0. The van der Waals surface area contributed by atoms with Crippen molar-refractivity contribution in [1.29, 1.82) is 0 Å². The lowest BCUT2D eigenvalue weighted by molar-refractivity contribution is 0.155. The SMILES string of the molecule is C#Cc1ccc(C(F)F)s1. The molecular formula is C7H4F2S. The number of halogens is 2. The molecule has 10 heavy (non-hydrogen) atoms. The summed E-state index contributed by atoms with van der Waals surface area (Å²) in [5.74, 6) is 2.29. The third kappa shape index (κ3) is 1.34. The van der Waals surface area contributed by atoms with E-state index in [1.54, 1.807) is 0 Å². The molecule has 0 unspecified atom stereocenters. The van der Waals surface area contributed by atoms with Crippen LogP contribution in [-0.2, 0) is 0 Å². The molecule has 0 N–H and O–H groups in total. The van der Waals surface area contributed by atoms with Crippen LogP contribution in [0.2, 0.25) is 0 Å². The second-order valence-corrected chi connectivity index (χ2v) is 2.76. The summed E-state index contributed by atoms with van der Waals surface area (Å²) >= 11 is 0.955. The van der Waals surface area contributed by atoms with Gasteiger partial charge in [0.1, 0.15) is 0 Å². The fraction of sp³-hybridized carbons (Fsp3) is 0.143. The van der Waals surface area contributed by atoms with Gasteiger partial charge < -0.3 is 0 Å². The van der Waals surface area contributed by atoms with Gasteiger partial charge in [-0.25, -0.2) is 8.78 Å². The molecule has 1 rings (SSSR count). The average molecular weight is 158 g/mol. The van der Waals surface area contributed by atoms with E-state index in [-0.39, 0.29) is 4.88 Å². The standard InChI is InChI=1S/C7H4F2S/c1-2-5-3-4-6(10-5)7(8)9/h1,3-4,7H. The Labute approximate surface area is 61.5 Å². The number of thiophene rings is 1. The van der Waals surface area contributed by atoms with Crippen molar-refractivity contribution < 1.29 is 8.78 Å². The van der Waals surface area contributed by atoms with Crippen LogP contribution in [0.4, 0.5) is 8.78 Å². The monoisotopic (exact) mass is 158 g/mol. The van der Waals surface area contributed by atoms with E-state index in [0.29, 0.717) is 4.88 Å². The first-order chi connectivity index (χ1) is 4.74. The van der Waals surface area contributed by atoms with E-state index >= 15 is 0 Å². The Bertz CT molecular complexity index is 257. The molecule has 3 heteroatoms. The molecule has 0 aliphatic carbocycles. The first-order valence-electron chi connectivity index (χ1n) is 2.58. The molecule has 0 aromatic carbocycles. The van der Waals surface area contributed by atoms with Crippen LogP contribution < -0.4 is 0 Å². The fourth-order valence-corrected chi connectivity index (χ4v) is 1.22. The Kier molecular flexibility index (Phi) is 2.03. The van der Waals surface area contributed by atoms with Crippen molar-refractivity contribution in [2.45, 2.75) is 6.43 Å². The molecule has 0 saturated heterocycles. The van der Waals surface area contributed by atoms with Crippen molar-refractivity contribution in [3.8, 4) is 12.3 Å². The highest BCUT2D eigenvalue weighted by molar-refractivity contribution is 7.12. The molecule has 0 fully saturated rings. The fourth-order valence-electron chi connectivity index (χ4n) is 0.548. The molecule has 0 saturated carbocycles. The second-order valence-electron chi connectivity index (χ2n) is 1.65. The van der Waals surface area contributed by atoms with Gasteiger partial charge in [-0.1, -0.05) is 5.92 Å². The van der Waals surface area contributed by atoms with Crippen molar-refractivity contribution in [2.75, 3.05) is 0 Å². The number of rotatable bonds is 1. The van der Waals surface area contributed by atoms with Gasteiger partial charge in [0, 0.05) is 0 Å². The van der Waals surface area contributed by atoms with Gasteiger partial charge in [0.25, 0.3) is 6.43 Å². The first-order valence-corrected chi connectivity index (χ1v) is 3.40. The Balaban J connectivity index is 2.91. The molecule has 0 aliphatic heterocycles. The number of hydrogen-bond acceptors (Lipinski definition) is 1. The summed E-state index contributed by atoms with van der Waals surface area (Å²) in [5.41, 5.74) is 0. The third-order valence-electron chi connectivity index (χ3n) is 0.984. The highest BCUT2D eigenvalue weighted by Crippen LogP contribution is 2.25. The van der Waals surface area contributed by atoms with E-state index in [1.807, 2.05) is 0 Å². The summed E-state index contributed by atoms with van der Waals surface area (Å²) in [4.78, 5) is 0.586. The molecule has 0 aliphatic rings. The van der Waals surface area contributed by atoms with Crippen molar-refractivity contribution >= 4 is 11.3 Å². The minimum absolute atomic E-state index is 0.0351. The summed E-state index contributed by atoms with van der Waals surface area (Å²) in [6, 6.07) is 2.87. The maximum absolute atomic E-state index is 11.9. The van der Waals surface area contributed by atoms with Crippen LogP contribution in [0.25, 0.3) is 0 Å². The van der Waals surface area contributed by atoms with E-state index in [2.05, 4.69) is 5.92 Å². The van der Waals surface area contributed by atoms with Gasteiger partial charge in [-0.2, -0.15) is 0 Å². The number of alkyl halides is 2. The Morgan fingerprint density at radius 2 is 2.20 bits per heavy atom. The van der Waals surface area contributed by atoms with Gasteiger partial charge in [0.2, 0.25) is 0 Å². The van der Waals surface area contributed by atoms with E-state index in [9.17, 15) is 8.78 Å². The van der Waals surface area contributed by atoms with Crippen molar-refractivity contribution in [1.82, 2.24) is 0 Å². The van der Waals surface area contributed by atoms with Crippen molar-refractivity contribution in [3.63, 3.8) is 0 Å². The van der Waals surface area contributed by atoms with Crippen LogP contribution >= 0.6 is 11.3 Å². The molecule has 1 heterocycles. The lowest BCUT2D eigenvalue weighted by Gasteiger charge is -1.88. The molecule has 0 nitrogen and oxygen atoms in total. The molecule has 1 aromatic heterocycles. The molecular weight excluding hydrogens is 154 g/mol. The summed E-state index contributed by atoms with van der Waals surface area (Å²) in [7, 11) is 0. The van der Waals surface area contributed by atoms with Crippen LogP contribution in [-0.4, -0.2) is 0 Å². The van der Waals surface area contributed by atoms with Crippen molar-refractivity contribution in [2.24, 2.45) is 0 Å². The zero-order chi connectivity index (χ0) is 7.56. The van der Waals surface area contributed by atoms with E-state index in [4.69, 9.17) is 6.42 Å². The smallest absolute Gasteiger partial charge is 0.204 e. The van der Waals surface area contributed by atoms with Gasteiger partial charge in [-0.3, -0.25) is 0 Å². The van der Waals surface area contributed by atoms with E-state index in [0.717, 1.165) is 11.3 Å². The number of terminal acetylenes is 1. The first kappa shape index (κ1) is 7.23. The van der Waals surface area contributed by atoms with Crippen LogP contribution in [0.1, 0.15) is 16.2 Å². The van der Waals surface area contributed by atoms with Gasteiger partial charge in [-0.15, -0.1) is 17.8 Å². The summed E-state index contributed by atoms with van der Waals surface area (Å²) in [6.07, 6.45) is 2.58. The third-order valence-corrected chi connectivity index (χ3v) is 2.01. The Hall–Kier alpha value is -0.880. The van der Waals surface area contributed by atoms with E-state index < -0.39 is 6.43 Å². The van der Waals surface area contributed by atoms with Crippen LogP contribution in [0.3, 0.4) is 0 Å². The molecule has 52 valence electrons. The quantitative estimate of drug-likeness (QED) is 0.551. The largest absolute Gasteiger partial charge is 0.272 e. The maximum atomic E-state index is 11.9. The summed E-state index contributed by atoms with van der Waals surface area (Å²) < 4.78 is 23.7. The van der Waals surface area contributed by atoms with Gasteiger partial charge in [0.05, 0.1) is 9.75 Å². The minimum Gasteiger partial charge on any atom is -0.204 e. The predicted octanol–water partition coefficient (Wildman–Crippen LogP) is 2.67. The molecule has 0 radical (unpaired) electrons. The average Bonchev–Trinajstić information content (AvgIpc) is 2.34. The Morgan fingerprint density at radius 3 is 2.50 bits per heavy atom. The predicted molar refractivity (Wildman–Crippen MR) is 37.2 cm³/mol. The summed E-state index contributed by atoms with van der Waals surface area (Å²) in [5, 5.41) is 0. The molecule has 0 amide bonds. The van der Waals surface area contributed by atoms with E-state index in [1.165, 1.54) is 12.1 Å². The van der Waals surface area contributed by atoms with Crippen LogP contribution in [0, 0.1) is 12.3 Å². The van der Waals surface area contributed by atoms with Crippen molar-refractivity contribution in [3.05, 3.63) is 21.9 Å². The minimum atomic E-state index is -2.40. The molecule has 0 spiro atoms. The maximum Gasteiger partial charge on any atom is 0.272 e. The zero-order valence-corrected chi connectivity index (χ0v) is 5.79. The van der Waals surface area contributed by atoms with Crippen LogP contribution in [0.5, 0.6) is 0 Å². The highest BCUT2D eigenvalue weighted by atomic mass is 32.1. The lowest BCUT2D eigenvalue weighted by Crippen LogP contribution is -1.72. The highest BCUT2D eigenvalue weighted by Gasteiger charge is 2.08. The Morgan fingerprint density at radius 1 is 1.50 bits per heavy atom. The van der Waals surface area contributed by atoms with Gasteiger partial charge in [0.15, 0.2) is 0 Å². The molecule has 1 aromatic rings. The number of hydrogen-bond donors (Lipinski definition) is 0. The molecule has 0 bridgehead atoms. The lowest BCUT2D eigenvalue weighted by atomic mass is 10.4. The van der Waals surface area contributed by atoms with Gasteiger partial charge in [-0.05, 0) is 12.1 Å². The van der Waals surface area contributed by atoms with Gasteiger partial charge >= 0.3 is 0 Å².